The molecule has 1 aliphatic rings. The number of rotatable bonds is 6. The second-order valence-corrected chi connectivity index (χ2v) is 5.72. The summed E-state index contributed by atoms with van der Waals surface area (Å²) in [5.74, 6) is 1.23. The van der Waals surface area contributed by atoms with Crippen molar-refractivity contribution in [3.63, 3.8) is 0 Å². The summed E-state index contributed by atoms with van der Waals surface area (Å²) in [6, 6.07) is 7.34. The van der Waals surface area contributed by atoms with E-state index in [1.54, 1.807) is 6.07 Å². The minimum atomic E-state index is -0.120. The molecule has 0 bridgehead atoms. The van der Waals surface area contributed by atoms with Gasteiger partial charge in [0.2, 0.25) is 5.91 Å². The molecule has 0 aromatic heterocycles. The molecule has 2 unspecified atom stereocenters. The zero-order chi connectivity index (χ0) is 14.5. The van der Waals surface area contributed by atoms with Crippen LogP contribution in [0, 0.1) is 11.8 Å². The van der Waals surface area contributed by atoms with E-state index in [1.165, 1.54) is 0 Å². The molecule has 2 N–H and O–H groups in total. The second-order valence-electron chi connectivity index (χ2n) is 5.31. The predicted molar refractivity (Wildman–Crippen MR) is 87.3 cm³/mol. The number of para-hydroxylation sites is 1. The van der Waals surface area contributed by atoms with Gasteiger partial charge in [-0.1, -0.05) is 30.7 Å². The lowest BCUT2D eigenvalue weighted by Gasteiger charge is -2.32. The first-order valence-corrected chi connectivity index (χ1v) is 7.35. The third-order valence-electron chi connectivity index (χ3n) is 3.66. The van der Waals surface area contributed by atoms with Crippen molar-refractivity contribution in [2.24, 2.45) is 11.8 Å². The van der Waals surface area contributed by atoms with Crippen molar-refractivity contribution in [1.82, 2.24) is 10.6 Å². The molecular formula is C15H22Cl2N2O2. The van der Waals surface area contributed by atoms with Gasteiger partial charge in [-0.05, 0) is 38.1 Å². The maximum Gasteiger partial charge on any atom is 0.223 e. The summed E-state index contributed by atoms with van der Waals surface area (Å²) in [6.45, 7) is 6.23. The Morgan fingerprint density at radius 3 is 2.67 bits per heavy atom. The summed E-state index contributed by atoms with van der Waals surface area (Å²) in [5, 5.41) is 6.70. The number of amides is 1. The largest absolute Gasteiger partial charge is 0.487 e. The van der Waals surface area contributed by atoms with Crippen LogP contribution in [0.4, 0.5) is 0 Å². The SMILES string of the molecule is CC(CNC(=O)C(C)C1CNC1)Oc1ccccc1Cl.Cl. The topological polar surface area (TPSA) is 50.4 Å². The molecule has 0 aliphatic carbocycles. The molecule has 1 fully saturated rings. The average molecular weight is 333 g/mol. The summed E-state index contributed by atoms with van der Waals surface area (Å²) >= 11 is 6.03. The highest BCUT2D eigenvalue weighted by Gasteiger charge is 2.28. The van der Waals surface area contributed by atoms with Crippen molar-refractivity contribution in [2.75, 3.05) is 19.6 Å². The molecule has 0 radical (unpaired) electrons. The highest BCUT2D eigenvalue weighted by molar-refractivity contribution is 6.32. The van der Waals surface area contributed by atoms with Gasteiger partial charge >= 0.3 is 0 Å². The van der Waals surface area contributed by atoms with Crippen LogP contribution in [0.2, 0.25) is 5.02 Å². The first kappa shape index (κ1) is 18.1. The summed E-state index contributed by atoms with van der Waals surface area (Å²) in [5.41, 5.74) is 0. The Morgan fingerprint density at radius 1 is 1.43 bits per heavy atom. The quantitative estimate of drug-likeness (QED) is 0.841. The fraction of sp³-hybridized carbons (Fsp3) is 0.533. The van der Waals surface area contributed by atoms with E-state index in [4.69, 9.17) is 16.3 Å². The van der Waals surface area contributed by atoms with Crippen LogP contribution >= 0.6 is 24.0 Å². The molecule has 21 heavy (non-hydrogen) atoms. The van der Waals surface area contributed by atoms with Gasteiger partial charge in [0, 0.05) is 5.92 Å². The normalized spacial score (nSPS) is 17.1. The molecule has 4 nitrogen and oxygen atoms in total. The molecule has 1 heterocycles. The van der Waals surface area contributed by atoms with Crippen molar-refractivity contribution in [3.05, 3.63) is 29.3 Å². The van der Waals surface area contributed by atoms with Crippen LogP contribution in [0.5, 0.6) is 5.75 Å². The van der Waals surface area contributed by atoms with Crippen LogP contribution in [0.3, 0.4) is 0 Å². The molecule has 1 amide bonds. The maximum absolute atomic E-state index is 12.0. The minimum Gasteiger partial charge on any atom is -0.487 e. The van der Waals surface area contributed by atoms with E-state index in [-0.39, 0.29) is 30.3 Å². The molecule has 1 aromatic carbocycles. The number of hydrogen-bond donors (Lipinski definition) is 2. The number of nitrogens with one attached hydrogen (secondary N) is 2. The van der Waals surface area contributed by atoms with E-state index >= 15 is 0 Å². The van der Waals surface area contributed by atoms with Crippen molar-refractivity contribution in [3.8, 4) is 5.75 Å². The first-order valence-electron chi connectivity index (χ1n) is 6.97. The van der Waals surface area contributed by atoms with Crippen molar-refractivity contribution >= 4 is 29.9 Å². The van der Waals surface area contributed by atoms with E-state index in [0.29, 0.717) is 23.2 Å². The average Bonchev–Trinajstić information content (AvgIpc) is 2.36. The molecule has 2 rings (SSSR count). The van der Waals surface area contributed by atoms with Crippen molar-refractivity contribution in [1.29, 1.82) is 0 Å². The van der Waals surface area contributed by atoms with Gasteiger partial charge in [0.1, 0.15) is 11.9 Å². The van der Waals surface area contributed by atoms with Crippen LogP contribution in [0.15, 0.2) is 24.3 Å². The van der Waals surface area contributed by atoms with Gasteiger partial charge in [0.15, 0.2) is 0 Å². The molecular weight excluding hydrogens is 311 g/mol. The van der Waals surface area contributed by atoms with Crippen LogP contribution in [-0.4, -0.2) is 31.6 Å². The lowest BCUT2D eigenvalue weighted by Crippen LogP contribution is -2.50. The van der Waals surface area contributed by atoms with Crippen molar-refractivity contribution in [2.45, 2.75) is 20.0 Å². The number of hydrogen-bond acceptors (Lipinski definition) is 3. The van der Waals surface area contributed by atoms with Gasteiger partial charge < -0.3 is 15.4 Å². The standard InChI is InChI=1S/C15H21ClN2O2.ClH/c1-10(20-14-6-4-3-5-13(14)16)7-18-15(19)11(2)12-8-17-9-12;/h3-6,10-12,17H,7-9H2,1-2H3,(H,18,19);1H. The highest BCUT2D eigenvalue weighted by atomic mass is 35.5. The lowest BCUT2D eigenvalue weighted by molar-refractivity contribution is -0.127. The molecule has 0 spiro atoms. The second kappa shape index (κ2) is 8.47. The molecule has 6 heteroatoms. The Morgan fingerprint density at radius 2 is 2.10 bits per heavy atom. The lowest BCUT2D eigenvalue weighted by atomic mass is 9.88. The molecule has 1 aliphatic heterocycles. The van der Waals surface area contributed by atoms with Gasteiger partial charge in [0.05, 0.1) is 11.6 Å². The molecule has 2 atom stereocenters. The van der Waals surface area contributed by atoms with Crippen LogP contribution in [0.1, 0.15) is 13.8 Å². The smallest absolute Gasteiger partial charge is 0.223 e. The van der Waals surface area contributed by atoms with E-state index in [2.05, 4.69) is 10.6 Å². The summed E-state index contributed by atoms with van der Waals surface area (Å²) in [7, 11) is 0. The maximum atomic E-state index is 12.0. The Balaban J connectivity index is 0.00000220. The predicted octanol–water partition coefficient (Wildman–Crippen LogP) is 2.50. The highest BCUT2D eigenvalue weighted by Crippen LogP contribution is 2.24. The summed E-state index contributed by atoms with van der Waals surface area (Å²) < 4.78 is 5.72. The minimum absolute atomic E-state index is 0. The fourth-order valence-electron chi connectivity index (χ4n) is 2.08. The van der Waals surface area contributed by atoms with Gasteiger partial charge in [-0.3, -0.25) is 4.79 Å². The van der Waals surface area contributed by atoms with E-state index < -0.39 is 0 Å². The van der Waals surface area contributed by atoms with Gasteiger partial charge in [-0.2, -0.15) is 0 Å². The van der Waals surface area contributed by atoms with Gasteiger partial charge in [0.25, 0.3) is 0 Å². The number of ether oxygens (including phenoxy) is 1. The van der Waals surface area contributed by atoms with Crippen LogP contribution in [-0.2, 0) is 4.79 Å². The molecule has 1 saturated heterocycles. The van der Waals surface area contributed by atoms with E-state index in [0.717, 1.165) is 13.1 Å². The third kappa shape index (κ3) is 5.06. The molecule has 1 aromatic rings. The molecule has 0 saturated carbocycles. The number of benzene rings is 1. The number of carbonyl (C=O) groups excluding carboxylic acids is 1. The number of halogens is 2. The molecule has 118 valence electrons. The van der Waals surface area contributed by atoms with E-state index in [1.807, 2.05) is 32.0 Å². The Bertz CT molecular complexity index is 467. The number of carbonyl (C=O) groups is 1. The van der Waals surface area contributed by atoms with Crippen LogP contribution < -0.4 is 15.4 Å². The monoisotopic (exact) mass is 332 g/mol. The van der Waals surface area contributed by atoms with Gasteiger partial charge in [-0.15, -0.1) is 12.4 Å². The third-order valence-corrected chi connectivity index (χ3v) is 3.97. The summed E-state index contributed by atoms with van der Waals surface area (Å²) in [4.78, 5) is 12.0. The van der Waals surface area contributed by atoms with Gasteiger partial charge in [-0.25, -0.2) is 0 Å². The zero-order valence-electron chi connectivity index (χ0n) is 12.3. The Hall–Kier alpha value is -0.970. The van der Waals surface area contributed by atoms with Crippen LogP contribution in [0.25, 0.3) is 0 Å². The van der Waals surface area contributed by atoms with Crippen molar-refractivity contribution < 1.29 is 9.53 Å². The Kier molecular flexibility index (Phi) is 7.29. The zero-order valence-corrected chi connectivity index (χ0v) is 13.8. The first-order chi connectivity index (χ1) is 9.58. The summed E-state index contributed by atoms with van der Waals surface area (Å²) in [6.07, 6.45) is -0.120. The fourth-order valence-corrected chi connectivity index (χ4v) is 2.26. The van der Waals surface area contributed by atoms with E-state index in [9.17, 15) is 4.79 Å². The Labute approximate surface area is 137 Å².